The molecule has 1 N–H and O–H groups in total. The molecule has 1 fully saturated rings. The highest BCUT2D eigenvalue weighted by molar-refractivity contribution is 5.93. The summed E-state index contributed by atoms with van der Waals surface area (Å²) in [7, 11) is 1.67. The number of rotatable bonds is 4. The van der Waals surface area contributed by atoms with E-state index in [1.54, 1.807) is 11.9 Å². The number of nitrogens with zero attached hydrogens (tertiary/aromatic N) is 5. The van der Waals surface area contributed by atoms with Gasteiger partial charge in [0.1, 0.15) is 5.54 Å². The molecule has 2 heterocycles. The van der Waals surface area contributed by atoms with Gasteiger partial charge in [-0.2, -0.15) is 4.80 Å². The lowest BCUT2D eigenvalue weighted by Crippen LogP contribution is -2.56. The van der Waals surface area contributed by atoms with Gasteiger partial charge < -0.3 is 10.2 Å². The predicted molar refractivity (Wildman–Crippen MR) is 70.3 cm³/mol. The van der Waals surface area contributed by atoms with Crippen molar-refractivity contribution in [1.29, 1.82) is 0 Å². The first-order valence-electron chi connectivity index (χ1n) is 6.84. The van der Waals surface area contributed by atoms with Crippen LogP contribution in [0, 0.1) is 0 Å². The molecule has 1 aliphatic heterocycles. The molecule has 2 amide bonds. The highest BCUT2D eigenvalue weighted by atomic mass is 16.2. The Morgan fingerprint density at radius 2 is 2.00 bits per heavy atom. The number of nitrogens with one attached hydrogen (secondary N) is 1. The molecule has 0 aromatic carbocycles. The van der Waals surface area contributed by atoms with Gasteiger partial charge >= 0.3 is 0 Å². The Labute approximate surface area is 117 Å². The number of aromatic nitrogens is 4. The number of carbonyl (C=O) groups excluding carboxylic acids is 2. The molecule has 8 heteroatoms. The summed E-state index contributed by atoms with van der Waals surface area (Å²) in [5.74, 6) is 0.328. The first-order valence-corrected chi connectivity index (χ1v) is 6.84. The van der Waals surface area contributed by atoms with Crippen molar-refractivity contribution in [2.75, 3.05) is 6.54 Å². The Kier molecular flexibility index (Phi) is 4.01. The van der Waals surface area contributed by atoms with Gasteiger partial charge in [-0.1, -0.05) is 13.8 Å². The van der Waals surface area contributed by atoms with Crippen molar-refractivity contribution in [1.82, 2.24) is 30.4 Å². The molecule has 0 saturated carbocycles. The Bertz CT molecular complexity index is 508. The smallest absolute Gasteiger partial charge is 0.248 e. The van der Waals surface area contributed by atoms with Crippen molar-refractivity contribution < 1.29 is 9.59 Å². The van der Waals surface area contributed by atoms with E-state index in [0.717, 1.165) is 0 Å². The Balaban J connectivity index is 2.23. The van der Waals surface area contributed by atoms with Gasteiger partial charge in [0.2, 0.25) is 11.8 Å². The van der Waals surface area contributed by atoms with Crippen LogP contribution in [0.4, 0.5) is 0 Å². The monoisotopic (exact) mass is 280 g/mol. The van der Waals surface area contributed by atoms with Crippen LogP contribution in [0.2, 0.25) is 0 Å². The van der Waals surface area contributed by atoms with Crippen LogP contribution < -0.4 is 5.32 Å². The average Bonchev–Trinajstić information content (AvgIpc) is 2.80. The summed E-state index contributed by atoms with van der Waals surface area (Å²) < 4.78 is 0. The molecule has 0 bridgehead atoms. The molecule has 0 radical (unpaired) electrons. The fraction of sp³-hybridized carbons (Fsp3) is 0.750. The van der Waals surface area contributed by atoms with Gasteiger partial charge in [-0.15, -0.1) is 10.2 Å². The Morgan fingerprint density at radius 3 is 2.55 bits per heavy atom. The number of hydrogen-bond donors (Lipinski definition) is 1. The lowest BCUT2D eigenvalue weighted by Gasteiger charge is -2.33. The van der Waals surface area contributed by atoms with Crippen LogP contribution in [0.15, 0.2) is 0 Å². The van der Waals surface area contributed by atoms with E-state index >= 15 is 0 Å². The number of tetrazole rings is 1. The lowest BCUT2D eigenvalue weighted by molar-refractivity contribution is -0.139. The first-order chi connectivity index (χ1) is 9.50. The minimum absolute atomic E-state index is 0.0687. The van der Waals surface area contributed by atoms with Crippen molar-refractivity contribution in [3.8, 4) is 0 Å². The molecule has 0 atom stereocenters. The van der Waals surface area contributed by atoms with Crippen LogP contribution >= 0.6 is 0 Å². The maximum atomic E-state index is 12.7. The van der Waals surface area contributed by atoms with Gasteiger partial charge in [0, 0.05) is 13.0 Å². The van der Waals surface area contributed by atoms with Gasteiger partial charge in [0.15, 0.2) is 5.82 Å². The lowest BCUT2D eigenvalue weighted by atomic mass is 9.91. The molecule has 20 heavy (non-hydrogen) atoms. The molecular formula is C12H20N6O2. The van der Waals surface area contributed by atoms with Crippen LogP contribution in [0.25, 0.3) is 0 Å². The fourth-order valence-electron chi connectivity index (χ4n) is 2.46. The predicted octanol–water partition coefficient (Wildman–Crippen LogP) is -0.383. The molecule has 1 aromatic heterocycles. The van der Waals surface area contributed by atoms with Crippen molar-refractivity contribution in [3.05, 3.63) is 5.82 Å². The van der Waals surface area contributed by atoms with Crippen LogP contribution in [0.5, 0.6) is 0 Å². The van der Waals surface area contributed by atoms with Gasteiger partial charge in [-0.05, 0) is 18.1 Å². The highest BCUT2D eigenvalue weighted by Crippen LogP contribution is 2.22. The number of amides is 2. The van der Waals surface area contributed by atoms with E-state index in [-0.39, 0.29) is 18.4 Å². The van der Waals surface area contributed by atoms with Crippen molar-refractivity contribution in [2.45, 2.75) is 45.2 Å². The summed E-state index contributed by atoms with van der Waals surface area (Å²) in [4.78, 5) is 27.5. The second-order valence-electron chi connectivity index (χ2n) is 5.01. The van der Waals surface area contributed by atoms with E-state index in [2.05, 4.69) is 20.7 Å². The molecular weight excluding hydrogens is 260 g/mol. The van der Waals surface area contributed by atoms with Crippen LogP contribution in [0.3, 0.4) is 0 Å². The van der Waals surface area contributed by atoms with Crippen molar-refractivity contribution in [2.24, 2.45) is 7.05 Å². The third-order valence-corrected chi connectivity index (χ3v) is 3.77. The van der Waals surface area contributed by atoms with Crippen molar-refractivity contribution >= 4 is 11.8 Å². The van der Waals surface area contributed by atoms with Crippen molar-refractivity contribution in [3.63, 3.8) is 0 Å². The van der Waals surface area contributed by atoms with Gasteiger partial charge in [0.05, 0.1) is 13.6 Å². The SMILES string of the molecule is CCC1(CC)NC(=O)CCN(Cc2nnn(C)n2)C1=O. The largest absolute Gasteiger partial charge is 0.342 e. The van der Waals surface area contributed by atoms with Gasteiger partial charge in [-0.3, -0.25) is 9.59 Å². The van der Waals surface area contributed by atoms with E-state index in [4.69, 9.17) is 0 Å². The van der Waals surface area contributed by atoms with E-state index in [1.165, 1.54) is 4.80 Å². The van der Waals surface area contributed by atoms with Crippen LogP contribution in [-0.2, 0) is 23.2 Å². The zero-order valence-corrected chi connectivity index (χ0v) is 12.1. The molecule has 2 rings (SSSR count). The summed E-state index contributed by atoms with van der Waals surface area (Å²) in [5.41, 5.74) is -0.810. The molecule has 0 unspecified atom stereocenters. The molecule has 1 saturated heterocycles. The second kappa shape index (κ2) is 5.56. The number of carbonyl (C=O) groups is 2. The fourth-order valence-corrected chi connectivity index (χ4v) is 2.46. The van der Waals surface area contributed by atoms with E-state index in [9.17, 15) is 9.59 Å². The van der Waals surface area contributed by atoms with Gasteiger partial charge in [-0.25, -0.2) is 0 Å². The minimum atomic E-state index is -0.810. The normalized spacial score (nSPS) is 18.9. The van der Waals surface area contributed by atoms with Gasteiger partial charge in [0.25, 0.3) is 0 Å². The summed E-state index contributed by atoms with van der Waals surface area (Å²) >= 11 is 0. The highest BCUT2D eigenvalue weighted by Gasteiger charge is 2.41. The summed E-state index contributed by atoms with van der Waals surface area (Å²) in [5, 5.41) is 14.6. The minimum Gasteiger partial charge on any atom is -0.342 e. The maximum Gasteiger partial charge on any atom is 0.248 e. The molecule has 0 spiro atoms. The summed E-state index contributed by atoms with van der Waals surface area (Å²) in [6.07, 6.45) is 1.44. The number of hydrogen-bond acceptors (Lipinski definition) is 5. The third-order valence-electron chi connectivity index (χ3n) is 3.77. The molecule has 110 valence electrons. The maximum absolute atomic E-state index is 12.7. The topological polar surface area (TPSA) is 93.0 Å². The molecule has 0 aliphatic carbocycles. The Hall–Kier alpha value is -1.99. The molecule has 8 nitrogen and oxygen atoms in total. The average molecular weight is 280 g/mol. The second-order valence-corrected chi connectivity index (χ2v) is 5.01. The molecule has 1 aliphatic rings. The van der Waals surface area contributed by atoms with Crippen LogP contribution in [0.1, 0.15) is 38.9 Å². The quantitative estimate of drug-likeness (QED) is 0.811. The van der Waals surface area contributed by atoms with Crippen LogP contribution in [-0.4, -0.2) is 49.0 Å². The van der Waals surface area contributed by atoms with E-state index < -0.39 is 5.54 Å². The summed E-state index contributed by atoms with van der Waals surface area (Å²) in [6, 6.07) is 0. The van der Waals surface area contributed by atoms with E-state index in [1.807, 2.05) is 13.8 Å². The first kappa shape index (κ1) is 14.4. The zero-order chi connectivity index (χ0) is 14.8. The molecule has 1 aromatic rings. The number of aryl methyl sites for hydroxylation is 1. The third kappa shape index (κ3) is 2.63. The van der Waals surface area contributed by atoms with E-state index in [0.29, 0.717) is 31.6 Å². The Morgan fingerprint density at radius 1 is 1.30 bits per heavy atom. The standard InChI is InChI=1S/C12H20N6O2/c1-4-12(5-2)11(20)18(7-6-10(19)13-12)8-9-14-16-17(3)15-9/h4-8H2,1-3H3,(H,13,19). The summed E-state index contributed by atoms with van der Waals surface area (Å²) in [6.45, 7) is 4.48. The zero-order valence-electron chi connectivity index (χ0n) is 12.1.